The molecule has 0 amide bonds. The first kappa shape index (κ1) is 38.9. The van der Waals surface area contributed by atoms with Crippen LogP contribution < -0.4 is 0 Å². The van der Waals surface area contributed by atoms with E-state index < -0.39 is 0 Å². The van der Waals surface area contributed by atoms with Gasteiger partial charge in [-0.3, -0.25) is 4.99 Å². The Morgan fingerprint density at radius 3 is 1.79 bits per heavy atom. The minimum atomic E-state index is 0.694. The third kappa shape index (κ3) is 13.6. The minimum Gasteiger partial charge on any atom is -0.253 e. The van der Waals surface area contributed by atoms with E-state index in [2.05, 4.69) is 105 Å². The molecule has 0 saturated carbocycles. The van der Waals surface area contributed by atoms with Crippen LogP contribution in [0.4, 0.5) is 5.69 Å². The Balaban J connectivity index is 0.000000314. The molecule has 0 unspecified atom stereocenters. The first-order valence-corrected chi connectivity index (χ1v) is 16.4. The topological polar surface area (TPSA) is 37.1 Å². The zero-order chi connectivity index (χ0) is 35.3. The monoisotopic (exact) mass is 633 g/mol. The Morgan fingerprint density at radius 2 is 1.29 bits per heavy atom. The fourth-order valence-electron chi connectivity index (χ4n) is 4.81. The van der Waals surface area contributed by atoms with Gasteiger partial charge in [0, 0.05) is 22.7 Å². The molecule has 0 aliphatic rings. The maximum absolute atomic E-state index is 4.92. The summed E-state index contributed by atoms with van der Waals surface area (Å²) in [6, 6.07) is 34.9. The predicted molar refractivity (Wildman–Crippen MR) is 213 cm³/mol. The number of allylic oxidation sites excluding steroid dienone is 4. The van der Waals surface area contributed by atoms with E-state index in [0.717, 1.165) is 58.8 Å². The van der Waals surface area contributed by atoms with Crippen LogP contribution in [0.3, 0.4) is 0 Å². The van der Waals surface area contributed by atoms with Gasteiger partial charge in [0.25, 0.3) is 0 Å². The van der Waals surface area contributed by atoms with Crippen molar-refractivity contribution in [3.05, 3.63) is 168 Å². The number of aryl methyl sites for hydroxylation is 2. The summed E-state index contributed by atoms with van der Waals surface area (Å²) in [5, 5.41) is 0. The molecule has 0 aliphatic carbocycles. The molecule has 0 aliphatic heterocycles. The van der Waals surface area contributed by atoms with Crippen LogP contribution in [0.25, 0.3) is 5.57 Å². The molecule has 0 saturated heterocycles. The second-order valence-corrected chi connectivity index (χ2v) is 11.5. The second kappa shape index (κ2) is 21.5. The van der Waals surface area contributed by atoms with E-state index in [9.17, 15) is 0 Å². The molecule has 3 heteroatoms. The molecule has 4 aromatic carbocycles. The van der Waals surface area contributed by atoms with Crippen molar-refractivity contribution in [2.45, 2.75) is 67.7 Å². The zero-order valence-corrected chi connectivity index (χ0v) is 29.9. The Hall–Kier alpha value is -5.33. The lowest BCUT2D eigenvalue weighted by molar-refractivity contribution is 0.995. The molecule has 0 atom stereocenters. The van der Waals surface area contributed by atoms with E-state index in [1.807, 2.05) is 87.5 Å². The zero-order valence-electron chi connectivity index (χ0n) is 29.9. The molecule has 48 heavy (non-hydrogen) atoms. The third-order valence-corrected chi connectivity index (χ3v) is 7.16. The molecule has 3 nitrogen and oxygen atoms in total. The summed E-state index contributed by atoms with van der Waals surface area (Å²) in [7, 11) is 0. The maximum atomic E-state index is 4.92. The van der Waals surface area contributed by atoms with E-state index in [0.29, 0.717) is 5.84 Å². The first-order chi connectivity index (χ1) is 23.1. The first-order valence-electron chi connectivity index (χ1n) is 16.4. The molecule has 0 fully saturated rings. The summed E-state index contributed by atoms with van der Waals surface area (Å²) >= 11 is 0. The fraction of sp³-hybridized carbons (Fsp3) is 0.222. The van der Waals surface area contributed by atoms with Crippen LogP contribution in [0.2, 0.25) is 0 Å². The summed E-state index contributed by atoms with van der Waals surface area (Å²) < 4.78 is 0. The van der Waals surface area contributed by atoms with Crippen molar-refractivity contribution in [2.75, 3.05) is 0 Å². The number of hydrogen-bond acceptors (Lipinski definition) is 2. The Kier molecular flexibility index (Phi) is 17.4. The van der Waals surface area contributed by atoms with Gasteiger partial charge < -0.3 is 0 Å². The molecule has 4 aromatic rings. The van der Waals surface area contributed by atoms with Gasteiger partial charge in [0.1, 0.15) is 0 Å². The molecule has 0 aromatic heterocycles. The number of aliphatic imine (C=N–C) groups is 3. The highest BCUT2D eigenvalue weighted by molar-refractivity contribution is 6.11. The summed E-state index contributed by atoms with van der Waals surface area (Å²) in [5.74, 6) is 2.94. The smallest absolute Gasteiger partial charge is 0.159 e. The van der Waals surface area contributed by atoms with E-state index in [-0.39, 0.29) is 0 Å². The molecule has 0 spiro atoms. The van der Waals surface area contributed by atoms with Gasteiger partial charge in [-0.05, 0) is 99.9 Å². The molecule has 4 rings (SSSR count). The van der Waals surface area contributed by atoms with E-state index in [1.165, 1.54) is 22.3 Å². The van der Waals surface area contributed by atoms with Crippen LogP contribution in [-0.2, 0) is 6.42 Å². The standard InChI is InChI=1S/C24H29N.C18H18N2.C3H4/c1-6-11-23(12-7-2)25-24-17-22(18(3)15-20(24)5)16-19(4)21-13-9-8-10-14-21;1-14(2)19-18(17-12-8-5-9-13-17)20-15(3)16-10-6-4-7-11-16;1-3-2/h6,8-11,13-15,17H,4,7,12,16H2,1-3,5H3;4-13H,1H2,2-3H3;1H,2H3/b11-6-,25-23?;;. The molecular formula is C45H51N3. The molecule has 0 heterocycles. The third-order valence-electron chi connectivity index (χ3n) is 7.16. The fourth-order valence-corrected chi connectivity index (χ4v) is 4.81. The molecule has 0 N–H and O–H groups in total. The number of nitrogens with zero attached hydrogens (tertiary/aromatic N) is 3. The van der Waals surface area contributed by atoms with Gasteiger partial charge in [-0.1, -0.05) is 130 Å². The van der Waals surface area contributed by atoms with Gasteiger partial charge in [-0.15, -0.1) is 12.3 Å². The summed E-state index contributed by atoms with van der Waals surface area (Å²) in [4.78, 5) is 14.0. The van der Waals surface area contributed by atoms with Crippen molar-refractivity contribution >= 4 is 28.5 Å². The van der Waals surface area contributed by atoms with Crippen molar-refractivity contribution in [3.8, 4) is 12.3 Å². The molecule has 0 radical (unpaired) electrons. The van der Waals surface area contributed by atoms with E-state index in [1.54, 1.807) is 6.92 Å². The summed E-state index contributed by atoms with van der Waals surface area (Å²) in [5.41, 5.74) is 12.2. The van der Waals surface area contributed by atoms with Crippen LogP contribution in [0.1, 0.15) is 80.8 Å². The van der Waals surface area contributed by atoms with Crippen molar-refractivity contribution in [1.82, 2.24) is 0 Å². The quantitative estimate of drug-likeness (QED) is 0.0946. The molecule has 246 valence electrons. The Morgan fingerprint density at radius 1 is 0.771 bits per heavy atom. The van der Waals surface area contributed by atoms with Crippen molar-refractivity contribution < 1.29 is 0 Å². The van der Waals surface area contributed by atoms with Crippen LogP contribution in [0.15, 0.2) is 149 Å². The SMILES string of the molecule is C#CC.C=C(C)N=C(N=C(C)c1ccccc1)c1ccccc1.C=C(Cc1cc(N=C(/C=C\C)CCC)c(C)cc1C)c1ccccc1. The normalized spacial score (nSPS) is 11.5. The molecular weight excluding hydrogens is 583 g/mol. The lowest BCUT2D eigenvalue weighted by atomic mass is 9.95. The van der Waals surface area contributed by atoms with Crippen molar-refractivity contribution in [1.29, 1.82) is 0 Å². The highest BCUT2D eigenvalue weighted by Gasteiger charge is 2.08. The van der Waals surface area contributed by atoms with E-state index >= 15 is 0 Å². The van der Waals surface area contributed by atoms with E-state index in [4.69, 9.17) is 4.99 Å². The van der Waals surface area contributed by atoms with Gasteiger partial charge in [0.2, 0.25) is 0 Å². The Bertz CT molecular complexity index is 1760. The number of hydrogen-bond donors (Lipinski definition) is 0. The van der Waals surface area contributed by atoms with Crippen molar-refractivity contribution in [3.63, 3.8) is 0 Å². The number of rotatable bonds is 10. The van der Waals surface area contributed by atoms with Gasteiger partial charge >= 0.3 is 0 Å². The van der Waals surface area contributed by atoms with Crippen molar-refractivity contribution in [2.24, 2.45) is 15.0 Å². The Labute approximate surface area is 290 Å². The average Bonchev–Trinajstić information content (AvgIpc) is 3.08. The van der Waals surface area contributed by atoms with Crippen LogP contribution >= 0.6 is 0 Å². The van der Waals surface area contributed by atoms with Crippen LogP contribution in [0.5, 0.6) is 0 Å². The number of terminal acetylenes is 1. The minimum absolute atomic E-state index is 0.694. The second-order valence-electron chi connectivity index (χ2n) is 11.5. The van der Waals surface area contributed by atoms with Crippen LogP contribution in [-0.4, -0.2) is 17.3 Å². The number of benzene rings is 4. The predicted octanol–water partition coefficient (Wildman–Crippen LogP) is 12.1. The summed E-state index contributed by atoms with van der Waals surface area (Å²) in [6.45, 7) is 22.2. The molecule has 0 bridgehead atoms. The number of amidine groups is 1. The average molecular weight is 634 g/mol. The van der Waals surface area contributed by atoms with Gasteiger partial charge in [0.15, 0.2) is 5.84 Å². The highest BCUT2D eigenvalue weighted by atomic mass is 14.9. The summed E-state index contributed by atoms with van der Waals surface area (Å²) in [6.07, 6.45) is 11.7. The maximum Gasteiger partial charge on any atom is 0.159 e. The lowest BCUT2D eigenvalue weighted by Gasteiger charge is -2.12. The van der Waals surface area contributed by atoms with Gasteiger partial charge in [0.05, 0.1) is 5.69 Å². The largest absolute Gasteiger partial charge is 0.253 e. The van der Waals surface area contributed by atoms with Gasteiger partial charge in [-0.2, -0.15) is 0 Å². The lowest BCUT2D eigenvalue weighted by Crippen LogP contribution is -2.03. The highest BCUT2D eigenvalue weighted by Crippen LogP contribution is 2.28. The van der Waals surface area contributed by atoms with Gasteiger partial charge in [-0.25, -0.2) is 9.98 Å². The van der Waals surface area contributed by atoms with Crippen LogP contribution in [0, 0.1) is 26.2 Å².